The van der Waals surface area contributed by atoms with Gasteiger partial charge in [0.1, 0.15) is 0 Å². The fourth-order valence-corrected chi connectivity index (χ4v) is 0. The van der Waals surface area contributed by atoms with E-state index >= 15 is 0 Å². The SMILES string of the molecule is C=CC(=C)C.N.N. The van der Waals surface area contributed by atoms with Gasteiger partial charge in [-0.05, 0) is 6.92 Å². The summed E-state index contributed by atoms with van der Waals surface area (Å²) in [6.45, 7) is 8.93. The average molecular weight is 102 g/mol. The van der Waals surface area contributed by atoms with E-state index in [0.29, 0.717) is 0 Å². The topological polar surface area (TPSA) is 70.0 Å². The first-order valence-electron chi connectivity index (χ1n) is 1.55. The van der Waals surface area contributed by atoms with Crippen molar-refractivity contribution in [2.24, 2.45) is 0 Å². The number of hydrogen-bond acceptors (Lipinski definition) is 2. The van der Waals surface area contributed by atoms with Crippen molar-refractivity contribution in [2.75, 3.05) is 0 Å². The molecule has 0 saturated heterocycles. The lowest BCUT2D eigenvalue weighted by atomic mass is 10.4. The van der Waals surface area contributed by atoms with Gasteiger partial charge in [-0.1, -0.05) is 24.8 Å². The molecule has 0 atom stereocenters. The first-order valence-corrected chi connectivity index (χ1v) is 1.55. The molecule has 0 heterocycles. The predicted octanol–water partition coefficient (Wildman–Crippen LogP) is 2.07. The van der Waals surface area contributed by atoms with Crippen LogP contribution in [0.5, 0.6) is 0 Å². The Kier molecular flexibility index (Phi) is 20.9. The van der Waals surface area contributed by atoms with Crippen molar-refractivity contribution in [1.82, 2.24) is 12.3 Å². The minimum Gasteiger partial charge on any atom is -0.344 e. The Hall–Kier alpha value is -0.600. The lowest BCUT2D eigenvalue weighted by molar-refractivity contribution is 1.58. The molecule has 0 amide bonds. The zero-order valence-electron chi connectivity index (χ0n) is 4.91. The van der Waals surface area contributed by atoms with Crippen molar-refractivity contribution in [1.29, 1.82) is 0 Å². The van der Waals surface area contributed by atoms with E-state index < -0.39 is 0 Å². The summed E-state index contributed by atoms with van der Waals surface area (Å²) in [5.74, 6) is 0. The van der Waals surface area contributed by atoms with Crippen LogP contribution in [0, 0.1) is 0 Å². The average Bonchev–Trinajstić information content (AvgIpc) is 1.38. The Morgan fingerprint density at radius 2 is 1.57 bits per heavy atom. The zero-order chi connectivity index (χ0) is 4.28. The maximum atomic E-state index is 3.56. The molecule has 0 aliphatic heterocycles. The predicted molar refractivity (Wildman–Crippen MR) is 35.1 cm³/mol. The third-order valence-corrected chi connectivity index (χ3v) is 0.348. The molecule has 2 nitrogen and oxygen atoms in total. The van der Waals surface area contributed by atoms with E-state index in [1.165, 1.54) is 0 Å². The monoisotopic (exact) mass is 102 g/mol. The molecular weight excluding hydrogens is 88.1 g/mol. The number of allylic oxidation sites excluding steroid dienone is 2. The summed E-state index contributed by atoms with van der Waals surface area (Å²) in [6.07, 6.45) is 1.72. The standard InChI is InChI=1S/C5H8.2H3N/c1-4-5(2)3;;/h4H,1-2H2,3H3;2*1H3. The largest absolute Gasteiger partial charge is 0.344 e. The van der Waals surface area contributed by atoms with Crippen LogP contribution < -0.4 is 12.3 Å². The maximum absolute atomic E-state index is 3.56. The van der Waals surface area contributed by atoms with Gasteiger partial charge in [-0.25, -0.2) is 0 Å². The summed E-state index contributed by atoms with van der Waals surface area (Å²) in [5, 5.41) is 0. The van der Waals surface area contributed by atoms with E-state index in [1.807, 2.05) is 6.92 Å². The van der Waals surface area contributed by atoms with Gasteiger partial charge in [-0.3, -0.25) is 0 Å². The third kappa shape index (κ3) is 31.8. The van der Waals surface area contributed by atoms with Gasteiger partial charge in [0.2, 0.25) is 0 Å². The maximum Gasteiger partial charge on any atom is -0.0404 e. The van der Waals surface area contributed by atoms with Gasteiger partial charge >= 0.3 is 0 Å². The second-order valence-electron chi connectivity index (χ2n) is 1.05. The second-order valence-corrected chi connectivity index (χ2v) is 1.05. The zero-order valence-corrected chi connectivity index (χ0v) is 4.91. The first kappa shape index (κ1) is 16.1. The molecule has 0 spiro atoms. The van der Waals surface area contributed by atoms with Gasteiger partial charge in [0.15, 0.2) is 0 Å². The molecule has 0 saturated carbocycles. The molecule has 0 aliphatic carbocycles. The van der Waals surface area contributed by atoms with Crippen molar-refractivity contribution in [3.63, 3.8) is 0 Å². The van der Waals surface area contributed by atoms with Crippen molar-refractivity contribution in [2.45, 2.75) is 6.92 Å². The molecule has 0 radical (unpaired) electrons. The van der Waals surface area contributed by atoms with E-state index in [0.717, 1.165) is 5.57 Å². The van der Waals surface area contributed by atoms with Crippen LogP contribution in [0.15, 0.2) is 24.8 Å². The van der Waals surface area contributed by atoms with Crippen LogP contribution in [0.2, 0.25) is 0 Å². The minimum atomic E-state index is 0. The Labute approximate surface area is 45.1 Å². The van der Waals surface area contributed by atoms with Gasteiger partial charge in [-0.2, -0.15) is 0 Å². The van der Waals surface area contributed by atoms with Crippen LogP contribution in [-0.2, 0) is 0 Å². The minimum absolute atomic E-state index is 0. The van der Waals surface area contributed by atoms with Crippen LogP contribution >= 0.6 is 0 Å². The molecule has 0 fully saturated rings. The molecule has 7 heavy (non-hydrogen) atoms. The van der Waals surface area contributed by atoms with Crippen molar-refractivity contribution < 1.29 is 0 Å². The lowest BCUT2D eigenvalue weighted by Gasteiger charge is -1.71. The smallest absolute Gasteiger partial charge is 0.0404 e. The van der Waals surface area contributed by atoms with Gasteiger partial charge in [0.25, 0.3) is 0 Å². The molecule has 0 rings (SSSR count). The van der Waals surface area contributed by atoms with E-state index in [2.05, 4.69) is 13.2 Å². The molecule has 0 unspecified atom stereocenters. The first-order chi connectivity index (χ1) is 2.27. The summed E-state index contributed by atoms with van der Waals surface area (Å²) in [6, 6.07) is 0. The van der Waals surface area contributed by atoms with E-state index in [9.17, 15) is 0 Å². The fourth-order valence-electron chi connectivity index (χ4n) is 0. The Morgan fingerprint density at radius 3 is 1.57 bits per heavy atom. The fraction of sp³-hybridized carbons (Fsp3) is 0.200. The van der Waals surface area contributed by atoms with Crippen LogP contribution in [0.3, 0.4) is 0 Å². The highest BCUT2D eigenvalue weighted by Gasteiger charge is 1.59. The highest BCUT2D eigenvalue weighted by atomic mass is 14.0. The molecule has 0 bridgehead atoms. The van der Waals surface area contributed by atoms with Gasteiger partial charge in [-0.15, -0.1) is 0 Å². The quantitative estimate of drug-likeness (QED) is 0.497. The molecule has 0 aliphatic rings. The van der Waals surface area contributed by atoms with Crippen molar-refractivity contribution >= 4 is 0 Å². The van der Waals surface area contributed by atoms with E-state index in [-0.39, 0.29) is 12.3 Å². The third-order valence-electron chi connectivity index (χ3n) is 0.348. The van der Waals surface area contributed by atoms with Crippen LogP contribution in [0.25, 0.3) is 0 Å². The Bertz CT molecular complexity index is 57.1. The summed E-state index contributed by atoms with van der Waals surface area (Å²) < 4.78 is 0. The van der Waals surface area contributed by atoms with Gasteiger partial charge in [0.05, 0.1) is 0 Å². The van der Waals surface area contributed by atoms with E-state index in [1.54, 1.807) is 6.08 Å². The molecule has 0 aromatic carbocycles. The number of rotatable bonds is 1. The molecule has 0 aromatic heterocycles. The van der Waals surface area contributed by atoms with E-state index in [4.69, 9.17) is 0 Å². The Balaban J connectivity index is -0.0000000800. The molecule has 0 aromatic rings. The summed E-state index contributed by atoms with van der Waals surface area (Å²) in [4.78, 5) is 0. The summed E-state index contributed by atoms with van der Waals surface area (Å²) in [5.41, 5.74) is 1.02. The van der Waals surface area contributed by atoms with Crippen LogP contribution in [0.1, 0.15) is 6.92 Å². The van der Waals surface area contributed by atoms with Crippen molar-refractivity contribution in [3.8, 4) is 0 Å². The lowest BCUT2D eigenvalue weighted by Crippen LogP contribution is -1.50. The van der Waals surface area contributed by atoms with Crippen LogP contribution in [-0.4, -0.2) is 0 Å². The summed E-state index contributed by atoms with van der Waals surface area (Å²) >= 11 is 0. The normalized spacial score (nSPS) is 4.71. The highest BCUT2D eigenvalue weighted by molar-refractivity contribution is 5.05. The molecular formula is C5H14N2. The molecule has 2 heteroatoms. The van der Waals surface area contributed by atoms with Crippen LogP contribution in [0.4, 0.5) is 0 Å². The molecule has 44 valence electrons. The Morgan fingerprint density at radius 1 is 1.43 bits per heavy atom. The second kappa shape index (κ2) is 9.04. The van der Waals surface area contributed by atoms with Gasteiger partial charge in [0, 0.05) is 0 Å². The van der Waals surface area contributed by atoms with Crippen molar-refractivity contribution in [3.05, 3.63) is 24.8 Å². The van der Waals surface area contributed by atoms with Gasteiger partial charge < -0.3 is 12.3 Å². The highest BCUT2D eigenvalue weighted by Crippen LogP contribution is 1.81. The summed E-state index contributed by atoms with van der Waals surface area (Å²) in [7, 11) is 0. The molecule has 6 N–H and O–H groups in total. The number of hydrogen-bond donors (Lipinski definition) is 2.